The van der Waals surface area contributed by atoms with E-state index >= 15 is 0 Å². The van der Waals surface area contributed by atoms with Gasteiger partial charge in [0.15, 0.2) is 0 Å². The molecule has 0 fully saturated rings. The molecule has 1 aliphatic rings. The van der Waals surface area contributed by atoms with Crippen molar-refractivity contribution in [1.29, 1.82) is 5.26 Å². The molecule has 0 aromatic heterocycles. The second kappa shape index (κ2) is 16.5. The Balaban J connectivity index is 0.000000647. The zero-order valence-electron chi connectivity index (χ0n) is 23.3. The van der Waals surface area contributed by atoms with Gasteiger partial charge in [0.1, 0.15) is 5.82 Å². The van der Waals surface area contributed by atoms with Crippen LogP contribution in [0.5, 0.6) is 0 Å². The maximum atomic E-state index is 9.75. The number of halogens is 4. The summed E-state index contributed by atoms with van der Waals surface area (Å²) in [6.07, 6.45) is 5.39. The van der Waals surface area contributed by atoms with Gasteiger partial charge in [0.05, 0.1) is 17.8 Å². The van der Waals surface area contributed by atoms with E-state index in [9.17, 15) is 17.3 Å². The van der Waals surface area contributed by atoms with Crippen LogP contribution in [0.25, 0.3) is 0 Å². The van der Waals surface area contributed by atoms with E-state index in [2.05, 4.69) is 114 Å². The molecule has 0 saturated heterocycles. The van der Waals surface area contributed by atoms with Gasteiger partial charge in [-0.1, -0.05) is 73.6 Å². The summed E-state index contributed by atoms with van der Waals surface area (Å²) in [4.78, 5) is 2.08. The number of anilines is 1. The fourth-order valence-corrected chi connectivity index (χ4v) is 3.68. The van der Waals surface area contributed by atoms with E-state index in [1.807, 2.05) is 12.4 Å². The summed E-state index contributed by atoms with van der Waals surface area (Å²) in [7, 11) is -6.00. The van der Waals surface area contributed by atoms with Crippen molar-refractivity contribution in [1.82, 2.24) is 5.32 Å². The number of benzene rings is 2. The Morgan fingerprint density at radius 2 is 1.24 bits per heavy atom. The summed E-state index contributed by atoms with van der Waals surface area (Å²) in [6, 6.07) is 18.4. The Labute approximate surface area is 241 Å². The third kappa shape index (κ3) is 11.9. The molecule has 9 heteroatoms. The van der Waals surface area contributed by atoms with Crippen LogP contribution < -0.4 is 10.2 Å². The number of allylic oxidation sites excluding steroid dienone is 1. The van der Waals surface area contributed by atoms with Crippen LogP contribution in [-0.2, 0) is 22.4 Å². The summed E-state index contributed by atoms with van der Waals surface area (Å²) in [5, 5.41) is 12.0. The van der Waals surface area contributed by atoms with Gasteiger partial charge in [-0.15, -0.1) is 0 Å². The van der Waals surface area contributed by atoms with Crippen molar-refractivity contribution in [2.45, 2.75) is 79.1 Å². The zero-order chi connectivity index (χ0) is 28.3. The van der Waals surface area contributed by atoms with Gasteiger partial charge in [0, 0.05) is 12.4 Å². The molecule has 0 unspecified atom stereocenters. The van der Waals surface area contributed by atoms with E-state index in [1.165, 1.54) is 27.9 Å². The first-order valence-corrected chi connectivity index (χ1v) is 12.5. The minimum absolute atomic E-state index is 0. The van der Waals surface area contributed by atoms with Crippen LogP contribution in [0.4, 0.5) is 23.0 Å². The molecule has 212 valence electrons. The molecule has 0 saturated carbocycles. The van der Waals surface area contributed by atoms with Crippen LogP contribution in [0, 0.1) is 17.4 Å². The van der Waals surface area contributed by atoms with Crippen molar-refractivity contribution in [3.63, 3.8) is 0 Å². The maximum Gasteiger partial charge on any atom is 1.00 e. The molecule has 0 bridgehead atoms. The van der Waals surface area contributed by atoms with E-state index in [0.717, 1.165) is 5.82 Å². The van der Waals surface area contributed by atoms with Crippen LogP contribution in [0.3, 0.4) is 0 Å². The third-order valence-corrected chi connectivity index (χ3v) is 5.58. The molecular weight excluding hydrogens is 674 g/mol. The van der Waals surface area contributed by atoms with E-state index in [4.69, 9.17) is 5.26 Å². The van der Waals surface area contributed by atoms with E-state index < -0.39 is 7.25 Å². The smallest absolute Gasteiger partial charge is 0.418 e. The molecule has 1 N–H and O–H groups in total. The molecule has 0 atom stereocenters. The quantitative estimate of drug-likeness (QED) is 0.146. The first-order valence-electron chi connectivity index (χ1n) is 12.5. The first-order chi connectivity index (χ1) is 17.2. The first kappa shape index (κ1) is 35.5. The number of hydrogen-bond acceptors (Lipinski definition) is 3. The molecule has 1 heterocycles. The van der Waals surface area contributed by atoms with E-state index in [1.54, 1.807) is 6.08 Å². The molecule has 2 aromatic carbocycles. The van der Waals surface area contributed by atoms with E-state index in [-0.39, 0.29) is 22.4 Å². The van der Waals surface area contributed by atoms with Crippen LogP contribution in [0.2, 0.25) is 0 Å². The van der Waals surface area contributed by atoms with Gasteiger partial charge in [-0.25, -0.2) is 0 Å². The van der Waals surface area contributed by atoms with Gasteiger partial charge in [-0.3, -0.25) is 0 Å². The maximum absolute atomic E-state index is 9.75. The Morgan fingerprint density at radius 3 is 1.61 bits per heavy atom. The standard InChI is InChI=1S/C17H21N3.C12H17.Au.BF4/c1-12(2)14-6-5-7-15(13(3)4)17(14)20-11-10-19-16(20)8-9-18;1-9(2)11-6-5-7-12(8-11)10(3)4;;2-1(3,4)5/h5-8,10-13,19H,1-4H3;5-7,9-10H,1-4H3;;/q;-1;+1;-1. The van der Waals surface area contributed by atoms with Crippen molar-refractivity contribution >= 4 is 12.9 Å². The normalized spacial score (nSPS) is 13.6. The molecule has 0 spiro atoms. The minimum Gasteiger partial charge on any atom is -0.418 e. The number of nitriles is 1. The monoisotopic (exact) mass is 712 g/mol. The van der Waals surface area contributed by atoms with Crippen LogP contribution in [0.15, 0.2) is 60.7 Å². The van der Waals surface area contributed by atoms with Gasteiger partial charge >= 0.3 is 29.6 Å². The van der Waals surface area contributed by atoms with Crippen molar-refractivity contribution in [3.05, 3.63) is 89.0 Å². The Kier molecular flexibility index (Phi) is 15.4. The summed E-state index contributed by atoms with van der Waals surface area (Å²) in [5.41, 5.74) is 6.43. The molecule has 0 radical (unpaired) electrons. The van der Waals surface area contributed by atoms with Gasteiger partial charge < -0.3 is 27.5 Å². The van der Waals surface area contributed by atoms with Gasteiger partial charge in [-0.2, -0.15) is 40.7 Å². The molecule has 2 aromatic rings. The van der Waals surface area contributed by atoms with Gasteiger partial charge in [-0.05, 0) is 34.8 Å². The summed E-state index contributed by atoms with van der Waals surface area (Å²) < 4.78 is 39.0. The topological polar surface area (TPSA) is 39.1 Å². The largest absolute Gasteiger partial charge is 1.00 e. The Morgan fingerprint density at radius 1 is 0.816 bits per heavy atom. The third-order valence-electron chi connectivity index (χ3n) is 5.58. The SMILES string of the molecule is CC(C)c1[c-]c(C(C)C)ccc1.CC(C)c1cccc(C(C)C)c1N1C=CNC1=CC#N.F[B-](F)(F)F.[Au+]. The summed E-state index contributed by atoms with van der Waals surface area (Å²) >= 11 is 0. The van der Waals surface area contributed by atoms with Gasteiger partial charge in [0.25, 0.3) is 0 Å². The minimum atomic E-state index is -6.00. The second-order valence-electron chi connectivity index (χ2n) is 9.95. The molecule has 3 rings (SSSR count). The number of hydrogen-bond donors (Lipinski definition) is 1. The molecule has 0 aliphatic carbocycles. The van der Waals surface area contributed by atoms with Crippen molar-refractivity contribution in [2.24, 2.45) is 0 Å². The predicted molar refractivity (Wildman–Crippen MR) is 147 cm³/mol. The van der Waals surface area contributed by atoms with Crippen LogP contribution in [0.1, 0.15) is 101 Å². The molecular formula is C29H38AuBF4N3-. The average Bonchev–Trinajstić information content (AvgIpc) is 3.26. The predicted octanol–water partition coefficient (Wildman–Crippen LogP) is 9.21. The number of nitrogens with zero attached hydrogens (tertiary/aromatic N) is 2. The van der Waals surface area contributed by atoms with Crippen molar-refractivity contribution in [3.8, 4) is 6.07 Å². The molecule has 1 aliphatic heterocycles. The number of nitrogens with one attached hydrogen (secondary N) is 1. The summed E-state index contributed by atoms with van der Waals surface area (Å²) in [6.45, 7) is 17.6. The van der Waals surface area contributed by atoms with Crippen LogP contribution in [-0.4, -0.2) is 7.25 Å². The fraction of sp³-hybridized carbons (Fsp3) is 0.414. The van der Waals surface area contributed by atoms with Gasteiger partial charge in [0.2, 0.25) is 0 Å². The van der Waals surface area contributed by atoms with E-state index in [0.29, 0.717) is 23.7 Å². The average molecular weight is 712 g/mol. The van der Waals surface area contributed by atoms with Crippen molar-refractivity contribution in [2.75, 3.05) is 4.90 Å². The molecule has 3 nitrogen and oxygen atoms in total. The molecule has 38 heavy (non-hydrogen) atoms. The van der Waals surface area contributed by atoms with Crippen molar-refractivity contribution < 1.29 is 39.6 Å². The molecule has 0 amide bonds. The number of para-hydroxylation sites is 1. The fourth-order valence-electron chi connectivity index (χ4n) is 3.68. The zero-order valence-corrected chi connectivity index (χ0v) is 25.5. The van der Waals surface area contributed by atoms with Crippen LogP contribution >= 0.6 is 0 Å². The Bertz CT molecular complexity index is 1050. The second-order valence-corrected chi connectivity index (χ2v) is 9.95. The Hall–Kier alpha value is -2.46. The number of rotatable bonds is 5. The summed E-state index contributed by atoms with van der Waals surface area (Å²) in [5.74, 6) is 2.84.